The van der Waals surface area contributed by atoms with Gasteiger partial charge in [0.05, 0.1) is 6.61 Å². The summed E-state index contributed by atoms with van der Waals surface area (Å²) >= 11 is 3.57. The summed E-state index contributed by atoms with van der Waals surface area (Å²) in [7, 11) is 0. The molecule has 0 aromatic heterocycles. The van der Waals surface area contributed by atoms with Gasteiger partial charge >= 0.3 is 0 Å². The van der Waals surface area contributed by atoms with Crippen LogP contribution in [-0.2, 0) is 0 Å². The van der Waals surface area contributed by atoms with Crippen molar-refractivity contribution in [2.45, 2.75) is 46.0 Å². The lowest BCUT2D eigenvalue weighted by molar-refractivity contribution is 0.252. The Hall–Kier alpha value is -0.500. The van der Waals surface area contributed by atoms with E-state index in [1.54, 1.807) is 0 Å². The van der Waals surface area contributed by atoms with Gasteiger partial charge < -0.3 is 4.74 Å². The SMILES string of the molecule is CCCC(CBr)COc1ccccc1C(C)CC. The first-order chi connectivity index (χ1) is 8.72. The second-order valence-corrected chi connectivity index (χ2v) is 5.61. The Morgan fingerprint density at radius 3 is 2.56 bits per heavy atom. The molecule has 0 aliphatic carbocycles. The van der Waals surface area contributed by atoms with E-state index in [1.165, 1.54) is 18.4 Å². The van der Waals surface area contributed by atoms with Crippen LogP contribution in [0.5, 0.6) is 5.75 Å². The van der Waals surface area contributed by atoms with Crippen molar-refractivity contribution in [2.24, 2.45) is 5.92 Å². The van der Waals surface area contributed by atoms with E-state index in [1.807, 2.05) is 0 Å². The quantitative estimate of drug-likeness (QED) is 0.585. The Balaban J connectivity index is 2.66. The van der Waals surface area contributed by atoms with Gasteiger partial charge in [0.2, 0.25) is 0 Å². The van der Waals surface area contributed by atoms with Crippen molar-refractivity contribution in [1.82, 2.24) is 0 Å². The highest BCUT2D eigenvalue weighted by molar-refractivity contribution is 9.09. The zero-order valence-corrected chi connectivity index (χ0v) is 13.4. The van der Waals surface area contributed by atoms with Crippen LogP contribution in [0.15, 0.2) is 24.3 Å². The fourth-order valence-corrected chi connectivity index (χ4v) is 2.57. The van der Waals surface area contributed by atoms with Crippen molar-refractivity contribution < 1.29 is 4.74 Å². The molecule has 0 radical (unpaired) electrons. The molecular formula is C16H25BrO. The van der Waals surface area contributed by atoms with Gasteiger partial charge in [0.1, 0.15) is 5.75 Å². The van der Waals surface area contributed by atoms with E-state index in [-0.39, 0.29) is 0 Å². The summed E-state index contributed by atoms with van der Waals surface area (Å²) in [5, 5.41) is 1.02. The van der Waals surface area contributed by atoms with E-state index >= 15 is 0 Å². The number of hydrogen-bond acceptors (Lipinski definition) is 1. The zero-order valence-electron chi connectivity index (χ0n) is 11.8. The minimum absolute atomic E-state index is 0.565. The van der Waals surface area contributed by atoms with Crippen molar-refractivity contribution >= 4 is 15.9 Å². The van der Waals surface area contributed by atoms with Crippen LogP contribution in [-0.4, -0.2) is 11.9 Å². The first-order valence-corrected chi connectivity index (χ1v) is 8.12. The molecule has 2 unspecified atom stereocenters. The van der Waals surface area contributed by atoms with E-state index in [9.17, 15) is 0 Å². The molecule has 0 fully saturated rings. The normalized spacial score (nSPS) is 14.2. The molecule has 0 heterocycles. The van der Waals surface area contributed by atoms with Gasteiger partial charge in [-0.15, -0.1) is 0 Å². The molecule has 0 saturated carbocycles. The van der Waals surface area contributed by atoms with Crippen LogP contribution in [0.3, 0.4) is 0 Å². The van der Waals surface area contributed by atoms with Gasteiger partial charge in [-0.25, -0.2) is 0 Å². The number of benzene rings is 1. The maximum absolute atomic E-state index is 6.04. The topological polar surface area (TPSA) is 9.23 Å². The van der Waals surface area contributed by atoms with Gasteiger partial charge in [-0.2, -0.15) is 0 Å². The molecule has 0 aliphatic rings. The largest absolute Gasteiger partial charge is 0.493 e. The molecule has 0 spiro atoms. The van der Waals surface area contributed by atoms with Gasteiger partial charge in [-0.3, -0.25) is 0 Å². The van der Waals surface area contributed by atoms with Gasteiger partial charge in [0.15, 0.2) is 0 Å². The number of para-hydroxylation sites is 1. The van der Waals surface area contributed by atoms with Crippen LogP contribution in [0.4, 0.5) is 0 Å². The summed E-state index contributed by atoms with van der Waals surface area (Å²) in [6, 6.07) is 8.44. The average molecular weight is 313 g/mol. The molecule has 2 heteroatoms. The zero-order chi connectivity index (χ0) is 13.4. The predicted molar refractivity (Wildman–Crippen MR) is 82.8 cm³/mol. The Morgan fingerprint density at radius 1 is 1.22 bits per heavy atom. The molecule has 1 aromatic rings. The second-order valence-electron chi connectivity index (χ2n) is 4.97. The summed E-state index contributed by atoms with van der Waals surface area (Å²) in [6.07, 6.45) is 3.58. The van der Waals surface area contributed by atoms with Gasteiger partial charge in [0, 0.05) is 11.2 Å². The van der Waals surface area contributed by atoms with Gasteiger partial charge in [-0.05, 0) is 30.4 Å². The molecule has 102 valence electrons. The minimum atomic E-state index is 0.565. The average Bonchev–Trinajstić information content (AvgIpc) is 2.43. The van der Waals surface area contributed by atoms with Crippen molar-refractivity contribution in [3.05, 3.63) is 29.8 Å². The molecule has 0 saturated heterocycles. The summed E-state index contributed by atoms with van der Waals surface area (Å²) in [4.78, 5) is 0. The maximum atomic E-state index is 6.04. The summed E-state index contributed by atoms with van der Waals surface area (Å²) in [6.45, 7) is 7.52. The Morgan fingerprint density at radius 2 is 1.94 bits per heavy atom. The van der Waals surface area contributed by atoms with Crippen LogP contribution >= 0.6 is 15.9 Å². The fraction of sp³-hybridized carbons (Fsp3) is 0.625. The van der Waals surface area contributed by atoms with E-state index in [4.69, 9.17) is 4.74 Å². The standard InChI is InChI=1S/C16H25BrO/c1-4-8-14(11-17)12-18-16-10-7-6-9-15(16)13(3)5-2/h6-7,9-10,13-14H,4-5,8,11-12H2,1-3H3. The van der Waals surface area contributed by atoms with Crippen LogP contribution in [0.1, 0.15) is 51.5 Å². The van der Waals surface area contributed by atoms with Gasteiger partial charge in [0.25, 0.3) is 0 Å². The number of halogens is 1. The smallest absolute Gasteiger partial charge is 0.122 e. The Kier molecular flexibility index (Phi) is 7.41. The third-order valence-corrected chi connectivity index (χ3v) is 4.37. The van der Waals surface area contributed by atoms with Crippen molar-refractivity contribution in [3.8, 4) is 5.75 Å². The van der Waals surface area contributed by atoms with E-state index in [0.29, 0.717) is 11.8 Å². The number of alkyl halides is 1. The highest BCUT2D eigenvalue weighted by Crippen LogP contribution is 2.29. The van der Waals surface area contributed by atoms with E-state index in [2.05, 4.69) is 61.0 Å². The number of rotatable bonds is 8. The molecule has 0 amide bonds. The lowest BCUT2D eigenvalue weighted by Gasteiger charge is -2.19. The molecule has 1 nitrogen and oxygen atoms in total. The summed E-state index contributed by atoms with van der Waals surface area (Å²) < 4.78 is 6.04. The van der Waals surface area contributed by atoms with Gasteiger partial charge in [-0.1, -0.05) is 61.3 Å². The molecule has 0 aliphatic heterocycles. The molecule has 2 atom stereocenters. The van der Waals surface area contributed by atoms with Crippen LogP contribution < -0.4 is 4.74 Å². The first kappa shape index (κ1) is 15.6. The molecule has 0 N–H and O–H groups in total. The summed E-state index contributed by atoms with van der Waals surface area (Å²) in [5.74, 6) is 2.24. The van der Waals surface area contributed by atoms with Crippen molar-refractivity contribution in [3.63, 3.8) is 0 Å². The summed E-state index contributed by atoms with van der Waals surface area (Å²) in [5.41, 5.74) is 1.34. The third kappa shape index (κ3) is 4.64. The molecule has 1 rings (SSSR count). The molecule has 18 heavy (non-hydrogen) atoms. The van der Waals surface area contributed by atoms with E-state index in [0.717, 1.165) is 24.1 Å². The third-order valence-electron chi connectivity index (χ3n) is 3.45. The van der Waals surface area contributed by atoms with Crippen molar-refractivity contribution in [2.75, 3.05) is 11.9 Å². The fourth-order valence-electron chi connectivity index (χ4n) is 2.06. The van der Waals surface area contributed by atoms with Crippen LogP contribution in [0.25, 0.3) is 0 Å². The molecule has 0 bridgehead atoms. The molecule has 1 aromatic carbocycles. The Bertz CT molecular complexity index is 338. The van der Waals surface area contributed by atoms with E-state index < -0.39 is 0 Å². The van der Waals surface area contributed by atoms with Crippen molar-refractivity contribution in [1.29, 1.82) is 0 Å². The first-order valence-electron chi connectivity index (χ1n) is 7.00. The lowest BCUT2D eigenvalue weighted by atomic mass is 9.98. The second kappa shape index (κ2) is 8.58. The van der Waals surface area contributed by atoms with Crippen LogP contribution in [0, 0.1) is 5.92 Å². The monoisotopic (exact) mass is 312 g/mol. The number of hydrogen-bond donors (Lipinski definition) is 0. The Labute approximate surface area is 120 Å². The maximum Gasteiger partial charge on any atom is 0.122 e. The number of ether oxygens (including phenoxy) is 1. The predicted octanol–water partition coefficient (Wildman–Crippen LogP) is 5.39. The lowest BCUT2D eigenvalue weighted by Crippen LogP contribution is -2.14. The minimum Gasteiger partial charge on any atom is -0.493 e. The highest BCUT2D eigenvalue weighted by atomic mass is 79.9. The van der Waals surface area contributed by atoms with Crippen LogP contribution in [0.2, 0.25) is 0 Å². The highest BCUT2D eigenvalue weighted by Gasteiger charge is 2.12. The molecular weight excluding hydrogens is 288 g/mol.